The number of nitrogens with one attached hydrogen (secondary N) is 1. The summed E-state index contributed by atoms with van der Waals surface area (Å²) in [5.41, 5.74) is 2.23. The van der Waals surface area contributed by atoms with E-state index in [-0.39, 0.29) is 49.5 Å². The lowest BCUT2D eigenvalue weighted by molar-refractivity contribution is -0.120. The number of anilines is 1. The van der Waals surface area contributed by atoms with Crippen molar-refractivity contribution in [2.75, 3.05) is 32.2 Å². The fraction of sp³-hybridized carbons (Fsp3) is 0.571. The third-order valence-electron chi connectivity index (χ3n) is 13.0. The predicted molar refractivity (Wildman–Crippen MR) is 278 cm³/mol. The number of rotatable bonds is 31. The highest BCUT2D eigenvalue weighted by Gasteiger charge is 2.45. The maximum atomic E-state index is 14.1. The molecule has 6 unspecified atom stereocenters. The molecule has 69 heavy (non-hydrogen) atoms. The number of hydrogen-bond donors (Lipinski definition) is 1. The second kappa shape index (κ2) is 29.0. The normalized spacial score (nSPS) is 17.7. The first-order valence-corrected chi connectivity index (χ1v) is 26.8. The van der Waals surface area contributed by atoms with Crippen molar-refractivity contribution in [1.82, 2.24) is 14.2 Å². The van der Waals surface area contributed by atoms with Crippen molar-refractivity contribution in [3.05, 3.63) is 135 Å². The van der Waals surface area contributed by atoms with E-state index < -0.39 is 38.3 Å². The van der Waals surface area contributed by atoms with E-state index in [1.54, 1.807) is 19.4 Å². The largest absolute Gasteiger partial charge is 0.497 e. The molecule has 0 saturated carbocycles. The molecule has 0 radical (unpaired) electrons. The van der Waals surface area contributed by atoms with Gasteiger partial charge in [0.2, 0.25) is 12.5 Å². The molecule has 2 heterocycles. The van der Waals surface area contributed by atoms with Crippen LogP contribution >= 0.6 is 8.53 Å². The molecule has 1 aliphatic rings. The quantitative estimate of drug-likeness (QED) is 0.0228. The summed E-state index contributed by atoms with van der Waals surface area (Å²) in [6.45, 7) is 22.8. The number of carbonyl (C=O) groups is 1. The third kappa shape index (κ3) is 16.0. The average Bonchev–Trinajstić information content (AvgIpc) is 3.74. The van der Waals surface area contributed by atoms with E-state index in [9.17, 15) is 9.59 Å². The Morgan fingerprint density at radius 3 is 2.01 bits per heavy atom. The Morgan fingerprint density at radius 1 is 0.855 bits per heavy atom. The van der Waals surface area contributed by atoms with Crippen LogP contribution in [0.4, 0.5) is 5.82 Å². The van der Waals surface area contributed by atoms with Gasteiger partial charge in [0.1, 0.15) is 36.1 Å². The lowest BCUT2D eigenvalue weighted by Gasteiger charge is -2.39. The lowest BCUT2D eigenvalue weighted by Crippen LogP contribution is -2.39. The van der Waals surface area contributed by atoms with Gasteiger partial charge in [0.05, 0.1) is 19.8 Å². The molecule has 0 aliphatic carbocycles. The Bertz CT molecular complexity index is 2190. The van der Waals surface area contributed by atoms with Gasteiger partial charge in [0.25, 0.3) is 8.53 Å². The molecular weight excluding hydrogens is 886 g/mol. The van der Waals surface area contributed by atoms with Crippen molar-refractivity contribution in [2.45, 2.75) is 174 Å². The van der Waals surface area contributed by atoms with Crippen molar-refractivity contribution in [2.24, 2.45) is 5.92 Å². The minimum atomic E-state index is -1.68. The number of hydrogen-bond acceptors (Lipinski definition) is 9. The Labute approximate surface area is 414 Å². The minimum absolute atomic E-state index is 0.0687. The van der Waals surface area contributed by atoms with E-state index >= 15 is 0 Å². The monoisotopic (exact) mass is 966 g/mol. The SMILES string of the molecule is [C-]#[N+]CCOP(OC1CC(n2ccc(NC(=O)C(CCCCCC)CCCCCCCCC)nc2=O)OC1COC(c1ccccc1)(c1ccc(C)cc1)c1ccc(OC)cc1)N(C(C)C)C(C)C. The first-order chi connectivity index (χ1) is 33.4. The van der Waals surface area contributed by atoms with E-state index in [1.807, 2.05) is 42.5 Å². The molecule has 0 spiro atoms. The molecule has 1 fully saturated rings. The zero-order chi connectivity index (χ0) is 49.6. The highest BCUT2D eigenvalue weighted by Crippen LogP contribution is 2.50. The van der Waals surface area contributed by atoms with Gasteiger partial charge in [0, 0.05) is 30.6 Å². The van der Waals surface area contributed by atoms with Crippen LogP contribution in [0.3, 0.4) is 0 Å². The van der Waals surface area contributed by atoms with E-state index in [2.05, 4.69) is 105 Å². The summed E-state index contributed by atoms with van der Waals surface area (Å²) in [6, 6.07) is 28.3. The maximum Gasteiger partial charge on any atom is 0.351 e. The topological polar surface area (TPSA) is 118 Å². The number of unbranched alkanes of at least 4 members (excludes halogenated alkanes) is 9. The zero-order valence-electron chi connectivity index (χ0n) is 42.7. The molecule has 12 nitrogen and oxygen atoms in total. The smallest absolute Gasteiger partial charge is 0.351 e. The Hall–Kier alpha value is -4.47. The maximum absolute atomic E-state index is 14.1. The van der Waals surface area contributed by atoms with Gasteiger partial charge in [-0.3, -0.25) is 9.36 Å². The number of methoxy groups -OCH3 is 1. The Balaban J connectivity index is 1.46. The second-order valence-electron chi connectivity index (χ2n) is 18.9. The molecule has 4 aromatic rings. The minimum Gasteiger partial charge on any atom is -0.497 e. The van der Waals surface area contributed by atoms with Crippen LogP contribution in [0, 0.1) is 19.4 Å². The van der Waals surface area contributed by atoms with Gasteiger partial charge < -0.3 is 33.4 Å². The molecule has 1 saturated heterocycles. The molecule has 3 aromatic carbocycles. The third-order valence-corrected chi connectivity index (χ3v) is 15.1. The van der Waals surface area contributed by atoms with Crippen molar-refractivity contribution in [3.8, 4) is 5.75 Å². The van der Waals surface area contributed by atoms with Crippen LogP contribution in [0.25, 0.3) is 4.85 Å². The van der Waals surface area contributed by atoms with Crippen LogP contribution in [-0.2, 0) is 28.9 Å². The fourth-order valence-corrected chi connectivity index (χ4v) is 11.0. The van der Waals surface area contributed by atoms with Crippen LogP contribution in [0.5, 0.6) is 5.75 Å². The Kier molecular flexibility index (Phi) is 23.3. The highest BCUT2D eigenvalue weighted by molar-refractivity contribution is 7.44. The molecule has 0 bridgehead atoms. The molecule has 1 aromatic heterocycles. The van der Waals surface area contributed by atoms with Gasteiger partial charge in [-0.15, -0.1) is 0 Å². The number of aryl methyl sites for hydroxylation is 1. The number of nitrogens with zero attached hydrogens (tertiary/aromatic N) is 4. The van der Waals surface area contributed by atoms with Crippen molar-refractivity contribution in [1.29, 1.82) is 0 Å². The highest BCUT2D eigenvalue weighted by atomic mass is 31.2. The molecule has 5 rings (SSSR count). The zero-order valence-corrected chi connectivity index (χ0v) is 43.6. The average molecular weight is 966 g/mol. The first kappa shape index (κ1) is 55.5. The first-order valence-electron chi connectivity index (χ1n) is 25.6. The van der Waals surface area contributed by atoms with Crippen LogP contribution < -0.4 is 15.7 Å². The molecule has 1 aliphatic heterocycles. The summed E-state index contributed by atoms with van der Waals surface area (Å²) < 4.78 is 37.0. The van der Waals surface area contributed by atoms with Gasteiger partial charge in [-0.05, 0) is 82.3 Å². The standard InChI is InChI=1S/C56H80N5O7P/c1-10-12-14-16-17-18-21-25-45(24-20-15-13-11-2)54(62)58-52-36-38-60(55(63)59-52)53-40-50(68-69(66-39-37-57-8)61(42(3)4)43(5)6)51(67-53)41-65-56(46-26-22-19-23-27-46,47-30-28-44(7)29-31-47)48-32-34-49(64-9)35-33-48/h19,22-23,26-36,38,42-43,45,50-51,53H,10-18,20-21,24-25,37,39-41H2,1-7,9H3,(H,58,59,62,63). The summed E-state index contributed by atoms with van der Waals surface area (Å²) in [5, 5.41) is 3.01. The number of aromatic nitrogens is 2. The van der Waals surface area contributed by atoms with Gasteiger partial charge in [-0.25, -0.2) is 16.0 Å². The van der Waals surface area contributed by atoms with Crippen LogP contribution in [0.1, 0.15) is 160 Å². The second-order valence-corrected chi connectivity index (χ2v) is 20.3. The lowest BCUT2D eigenvalue weighted by atomic mass is 9.79. The van der Waals surface area contributed by atoms with E-state index in [0.717, 1.165) is 79.4 Å². The van der Waals surface area contributed by atoms with Gasteiger partial charge >= 0.3 is 5.69 Å². The Morgan fingerprint density at radius 2 is 1.43 bits per heavy atom. The van der Waals surface area contributed by atoms with Crippen LogP contribution in [-0.4, -0.2) is 71.3 Å². The van der Waals surface area contributed by atoms with Gasteiger partial charge in [-0.2, -0.15) is 4.98 Å². The summed E-state index contributed by atoms with van der Waals surface area (Å²) >= 11 is 0. The van der Waals surface area contributed by atoms with Crippen molar-refractivity contribution < 1.29 is 28.1 Å². The molecule has 6 atom stereocenters. The summed E-state index contributed by atoms with van der Waals surface area (Å²) in [6.07, 6.45) is 14.3. The molecular formula is C56H80N5O7P. The van der Waals surface area contributed by atoms with Crippen LogP contribution in [0.15, 0.2) is 95.9 Å². The van der Waals surface area contributed by atoms with Crippen molar-refractivity contribution >= 4 is 20.3 Å². The van der Waals surface area contributed by atoms with Crippen LogP contribution in [0.2, 0.25) is 0 Å². The predicted octanol–water partition coefficient (Wildman–Crippen LogP) is 13.2. The number of amides is 1. The van der Waals surface area contributed by atoms with Gasteiger partial charge in [0.15, 0.2) is 0 Å². The van der Waals surface area contributed by atoms with E-state index in [1.165, 1.54) is 36.7 Å². The molecule has 1 amide bonds. The summed E-state index contributed by atoms with van der Waals surface area (Å²) in [7, 11) is -0.0244. The van der Waals surface area contributed by atoms with E-state index in [0.29, 0.717) is 6.42 Å². The molecule has 376 valence electrons. The molecule has 13 heteroatoms. The van der Waals surface area contributed by atoms with Crippen molar-refractivity contribution in [3.63, 3.8) is 0 Å². The summed E-state index contributed by atoms with van der Waals surface area (Å²) in [4.78, 5) is 35.8. The molecule has 1 N–H and O–H groups in total. The van der Waals surface area contributed by atoms with E-state index in [4.69, 9.17) is 29.8 Å². The number of benzene rings is 3. The van der Waals surface area contributed by atoms with Gasteiger partial charge in [-0.1, -0.05) is 157 Å². The summed E-state index contributed by atoms with van der Waals surface area (Å²) in [5.74, 6) is 0.740. The fourth-order valence-electron chi connectivity index (χ4n) is 9.28. The number of ether oxygens (including phenoxy) is 3. The number of carbonyl (C=O) groups excluding carboxylic acids is 1.